The molecule has 0 aliphatic rings. The summed E-state index contributed by atoms with van der Waals surface area (Å²) >= 11 is 5.84. The van der Waals surface area contributed by atoms with Crippen LogP contribution in [0, 0.1) is 6.92 Å². The molecule has 1 heterocycles. The third-order valence-electron chi connectivity index (χ3n) is 3.23. The Morgan fingerprint density at radius 1 is 1.09 bits per heavy atom. The number of benzene rings is 2. The first-order valence-corrected chi connectivity index (χ1v) is 7.11. The second-order valence-corrected chi connectivity index (χ2v) is 5.24. The number of hydrogen-bond donors (Lipinski definition) is 1. The zero-order chi connectivity index (χ0) is 15.5. The van der Waals surface area contributed by atoms with E-state index in [0.717, 1.165) is 5.56 Å². The number of amides is 1. The predicted molar refractivity (Wildman–Crippen MR) is 86.1 cm³/mol. The van der Waals surface area contributed by atoms with Crippen molar-refractivity contribution in [1.29, 1.82) is 0 Å². The highest BCUT2D eigenvalue weighted by Crippen LogP contribution is 2.27. The fourth-order valence-corrected chi connectivity index (χ4v) is 2.28. The van der Waals surface area contributed by atoms with Crippen molar-refractivity contribution < 1.29 is 9.32 Å². The Kier molecular flexibility index (Phi) is 3.94. The van der Waals surface area contributed by atoms with E-state index in [0.29, 0.717) is 27.7 Å². The predicted octanol–water partition coefficient (Wildman–Crippen LogP) is 4.56. The number of hydrogen-bond acceptors (Lipinski definition) is 3. The molecule has 0 unspecified atom stereocenters. The summed E-state index contributed by atoms with van der Waals surface area (Å²) < 4.78 is 5.33. The summed E-state index contributed by atoms with van der Waals surface area (Å²) in [5.41, 5.74) is 2.45. The molecule has 0 saturated heterocycles. The van der Waals surface area contributed by atoms with Crippen LogP contribution >= 0.6 is 11.6 Å². The first-order valence-electron chi connectivity index (χ1n) is 6.74. The number of aryl methyl sites for hydroxylation is 1. The molecule has 0 saturated carbocycles. The monoisotopic (exact) mass is 312 g/mol. The average Bonchev–Trinajstić information content (AvgIpc) is 2.92. The number of anilines is 1. The minimum atomic E-state index is -0.264. The van der Waals surface area contributed by atoms with Crippen LogP contribution in [0.2, 0.25) is 5.02 Å². The van der Waals surface area contributed by atoms with Crippen LogP contribution in [0.1, 0.15) is 16.1 Å². The number of aromatic nitrogens is 1. The SMILES string of the molecule is Cc1noc(-c2ccccc2)c1C(=O)Nc1ccc(Cl)cc1. The summed E-state index contributed by atoms with van der Waals surface area (Å²) in [7, 11) is 0. The second-order valence-electron chi connectivity index (χ2n) is 4.80. The van der Waals surface area contributed by atoms with Gasteiger partial charge < -0.3 is 9.84 Å². The lowest BCUT2D eigenvalue weighted by Crippen LogP contribution is -2.13. The molecule has 0 atom stereocenters. The molecule has 3 aromatic rings. The van der Waals surface area contributed by atoms with Crippen molar-refractivity contribution >= 4 is 23.2 Å². The van der Waals surface area contributed by atoms with E-state index in [2.05, 4.69) is 10.5 Å². The number of carbonyl (C=O) groups excluding carboxylic acids is 1. The lowest BCUT2D eigenvalue weighted by atomic mass is 10.1. The summed E-state index contributed by atoms with van der Waals surface area (Å²) in [6.45, 7) is 1.74. The van der Waals surface area contributed by atoms with Crippen molar-refractivity contribution in [3.63, 3.8) is 0 Å². The second kappa shape index (κ2) is 6.03. The summed E-state index contributed by atoms with van der Waals surface area (Å²) in [6, 6.07) is 16.3. The van der Waals surface area contributed by atoms with E-state index < -0.39 is 0 Å². The van der Waals surface area contributed by atoms with Crippen molar-refractivity contribution in [2.45, 2.75) is 6.92 Å². The van der Waals surface area contributed by atoms with Crippen LogP contribution in [0.5, 0.6) is 0 Å². The molecule has 1 N–H and O–H groups in total. The van der Waals surface area contributed by atoms with Gasteiger partial charge >= 0.3 is 0 Å². The van der Waals surface area contributed by atoms with Gasteiger partial charge in [-0.3, -0.25) is 4.79 Å². The average molecular weight is 313 g/mol. The zero-order valence-electron chi connectivity index (χ0n) is 11.8. The van der Waals surface area contributed by atoms with Gasteiger partial charge in [-0.05, 0) is 31.2 Å². The molecule has 22 heavy (non-hydrogen) atoms. The molecule has 110 valence electrons. The minimum Gasteiger partial charge on any atom is -0.355 e. The third kappa shape index (κ3) is 2.87. The van der Waals surface area contributed by atoms with E-state index in [-0.39, 0.29) is 5.91 Å². The van der Waals surface area contributed by atoms with Crippen LogP contribution in [0.3, 0.4) is 0 Å². The lowest BCUT2D eigenvalue weighted by molar-refractivity contribution is 0.102. The summed E-state index contributed by atoms with van der Waals surface area (Å²) in [5, 5.41) is 7.35. The first-order chi connectivity index (χ1) is 10.6. The van der Waals surface area contributed by atoms with Gasteiger partial charge in [-0.1, -0.05) is 47.1 Å². The van der Waals surface area contributed by atoms with Gasteiger partial charge in [0, 0.05) is 16.3 Å². The Morgan fingerprint density at radius 2 is 1.77 bits per heavy atom. The molecule has 0 aliphatic heterocycles. The first kappa shape index (κ1) is 14.4. The van der Waals surface area contributed by atoms with Crippen LogP contribution in [0.4, 0.5) is 5.69 Å². The normalized spacial score (nSPS) is 10.5. The minimum absolute atomic E-state index is 0.264. The topological polar surface area (TPSA) is 55.1 Å². The Balaban J connectivity index is 1.93. The lowest BCUT2D eigenvalue weighted by Gasteiger charge is -2.06. The van der Waals surface area contributed by atoms with Crippen LogP contribution < -0.4 is 5.32 Å². The maximum Gasteiger partial charge on any atom is 0.261 e. The van der Waals surface area contributed by atoms with E-state index in [9.17, 15) is 4.79 Å². The Bertz CT molecular complexity index is 795. The van der Waals surface area contributed by atoms with Gasteiger partial charge in [-0.2, -0.15) is 0 Å². The van der Waals surface area contributed by atoms with E-state index in [1.165, 1.54) is 0 Å². The smallest absolute Gasteiger partial charge is 0.261 e. The molecule has 5 heteroatoms. The molecule has 0 aliphatic carbocycles. The fraction of sp³-hybridized carbons (Fsp3) is 0.0588. The summed E-state index contributed by atoms with van der Waals surface area (Å²) in [4.78, 5) is 12.5. The van der Waals surface area contributed by atoms with Crippen molar-refractivity contribution in [2.75, 3.05) is 5.32 Å². The van der Waals surface area contributed by atoms with E-state index in [1.807, 2.05) is 30.3 Å². The zero-order valence-corrected chi connectivity index (χ0v) is 12.6. The molecule has 1 aromatic heterocycles. The third-order valence-corrected chi connectivity index (χ3v) is 3.48. The highest BCUT2D eigenvalue weighted by Gasteiger charge is 2.21. The molecule has 4 nitrogen and oxygen atoms in total. The molecule has 0 bridgehead atoms. The largest absolute Gasteiger partial charge is 0.355 e. The van der Waals surface area contributed by atoms with E-state index in [4.69, 9.17) is 16.1 Å². The quantitative estimate of drug-likeness (QED) is 0.771. The fourth-order valence-electron chi connectivity index (χ4n) is 2.15. The molecule has 2 aromatic carbocycles. The van der Waals surface area contributed by atoms with Gasteiger partial charge in [-0.15, -0.1) is 0 Å². The summed E-state index contributed by atoms with van der Waals surface area (Å²) in [6.07, 6.45) is 0. The van der Waals surface area contributed by atoms with Crippen molar-refractivity contribution in [3.8, 4) is 11.3 Å². The standard InChI is InChI=1S/C17H13ClN2O2/c1-11-15(16(22-20-11)12-5-3-2-4-6-12)17(21)19-14-9-7-13(18)8-10-14/h2-10H,1H3,(H,19,21). The number of halogens is 1. The van der Waals surface area contributed by atoms with E-state index >= 15 is 0 Å². The number of nitrogens with one attached hydrogen (secondary N) is 1. The maximum absolute atomic E-state index is 12.5. The van der Waals surface area contributed by atoms with Gasteiger partial charge in [0.2, 0.25) is 0 Å². The Labute approximate surface area is 132 Å². The van der Waals surface area contributed by atoms with Gasteiger partial charge in [0.1, 0.15) is 5.56 Å². The molecule has 0 spiro atoms. The van der Waals surface area contributed by atoms with Gasteiger partial charge in [0.05, 0.1) is 5.69 Å². The molecule has 3 rings (SSSR count). The Morgan fingerprint density at radius 3 is 2.45 bits per heavy atom. The van der Waals surface area contributed by atoms with Crippen LogP contribution in [0.25, 0.3) is 11.3 Å². The van der Waals surface area contributed by atoms with Crippen LogP contribution in [-0.2, 0) is 0 Å². The number of rotatable bonds is 3. The molecule has 1 amide bonds. The van der Waals surface area contributed by atoms with Crippen LogP contribution in [0.15, 0.2) is 59.1 Å². The maximum atomic E-state index is 12.5. The van der Waals surface area contributed by atoms with Crippen LogP contribution in [-0.4, -0.2) is 11.1 Å². The van der Waals surface area contributed by atoms with Crippen molar-refractivity contribution in [1.82, 2.24) is 5.16 Å². The molecular formula is C17H13ClN2O2. The number of carbonyl (C=O) groups is 1. The molecule has 0 fully saturated rings. The van der Waals surface area contributed by atoms with Crippen molar-refractivity contribution in [3.05, 3.63) is 70.9 Å². The molecule has 0 radical (unpaired) electrons. The molecular weight excluding hydrogens is 300 g/mol. The van der Waals surface area contributed by atoms with Gasteiger partial charge in [0.25, 0.3) is 5.91 Å². The van der Waals surface area contributed by atoms with Crippen molar-refractivity contribution in [2.24, 2.45) is 0 Å². The van der Waals surface area contributed by atoms with Gasteiger partial charge in [-0.25, -0.2) is 0 Å². The summed E-state index contributed by atoms with van der Waals surface area (Å²) in [5.74, 6) is 0.199. The number of nitrogens with zero attached hydrogens (tertiary/aromatic N) is 1. The highest BCUT2D eigenvalue weighted by atomic mass is 35.5. The van der Waals surface area contributed by atoms with E-state index in [1.54, 1.807) is 31.2 Å². The van der Waals surface area contributed by atoms with Gasteiger partial charge in [0.15, 0.2) is 5.76 Å². The highest BCUT2D eigenvalue weighted by molar-refractivity contribution is 6.30. The Hall–Kier alpha value is -2.59.